The van der Waals surface area contributed by atoms with Crippen molar-refractivity contribution in [2.45, 2.75) is 38.1 Å². The summed E-state index contributed by atoms with van der Waals surface area (Å²) in [7, 11) is 0. The van der Waals surface area contributed by atoms with Crippen LogP contribution in [0.1, 0.15) is 24.0 Å². The lowest BCUT2D eigenvalue weighted by Crippen LogP contribution is -2.48. The first-order valence-corrected chi connectivity index (χ1v) is 7.34. The molecule has 0 amide bonds. The van der Waals surface area contributed by atoms with E-state index in [-0.39, 0.29) is 0 Å². The summed E-state index contributed by atoms with van der Waals surface area (Å²) in [5.74, 6) is 0. The largest absolute Gasteiger partial charge is 0.372 e. The summed E-state index contributed by atoms with van der Waals surface area (Å²) in [6, 6.07) is 21.4. The summed E-state index contributed by atoms with van der Waals surface area (Å²) in [5.41, 5.74) is 2.59. The first kappa shape index (κ1) is 13.3. The van der Waals surface area contributed by atoms with Crippen molar-refractivity contribution in [3.05, 3.63) is 71.8 Å². The van der Waals surface area contributed by atoms with E-state index < -0.39 is 0 Å². The first-order valence-electron chi connectivity index (χ1n) is 7.34. The minimum atomic E-state index is 0.360. The summed E-state index contributed by atoms with van der Waals surface area (Å²) in [5, 5.41) is 3.60. The molecule has 1 aliphatic carbocycles. The summed E-state index contributed by atoms with van der Waals surface area (Å²) in [4.78, 5) is 0. The second-order valence-corrected chi connectivity index (χ2v) is 5.39. The van der Waals surface area contributed by atoms with Gasteiger partial charge in [-0.05, 0) is 24.0 Å². The van der Waals surface area contributed by atoms with Crippen molar-refractivity contribution in [1.29, 1.82) is 0 Å². The molecule has 1 fully saturated rings. The molecule has 2 aromatic carbocycles. The number of rotatable bonds is 6. The van der Waals surface area contributed by atoms with Crippen molar-refractivity contribution in [3.8, 4) is 0 Å². The summed E-state index contributed by atoms with van der Waals surface area (Å²) in [6.07, 6.45) is 2.74. The zero-order chi connectivity index (χ0) is 13.6. The van der Waals surface area contributed by atoms with Crippen LogP contribution in [-0.2, 0) is 17.9 Å². The molecule has 0 heterocycles. The topological polar surface area (TPSA) is 21.3 Å². The number of nitrogens with one attached hydrogen (secondary N) is 1. The van der Waals surface area contributed by atoms with Crippen LogP contribution in [0.3, 0.4) is 0 Å². The van der Waals surface area contributed by atoms with Gasteiger partial charge in [0.2, 0.25) is 0 Å². The van der Waals surface area contributed by atoms with E-state index in [9.17, 15) is 0 Å². The molecule has 1 saturated carbocycles. The van der Waals surface area contributed by atoms with Gasteiger partial charge in [0.1, 0.15) is 0 Å². The van der Waals surface area contributed by atoms with Crippen molar-refractivity contribution in [2.75, 3.05) is 0 Å². The Kier molecular flexibility index (Phi) is 4.46. The maximum atomic E-state index is 6.00. The van der Waals surface area contributed by atoms with E-state index in [2.05, 4.69) is 59.9 Å². The zero-order valence-corrected chi connectivity index (χ0v) is 11.7. The average Bonchev–Trinajstić information content (AvgIpc) is 2.49. The lowest BCUT2D eigenvalue weighted by Gasteiger charge is -2.37. The van der Waals surface area contributed by atoms with E-state index in [1.54, 1.807) is 0 Å². The Morgan fingerprint density at radius 2 is 1.50 bits per heavy atom. The fourth-order valence-corrected chi connectivity index (χ4v) is 2.52. The first-order chi connectivity index (χ1) is 9.92. The van der Waals surface area contributed by atoms with Gasteiger partial charge >= 0.3 is 0 Å². The van der Waals surface area contributed by atoms with Crippen molar-refractivity contribution < 1.29 is 4.74 Å². The van der Waals surface area contributed by atoms with Crippen molar-refractivity contribution in [2.24, 2.45) is 0 Å². The quantitative estimate of drug-likeness (QED) is 0.864. The van der Waals surface area contributed by atoms with E-state index in [1.165, 1.54) is 24.0 Å². The minimum Gasteiger partial charge on any atom is -0.372 e. The second-order valence-electron chi connectivity index (χ2n) is 5.39. The van der Waals surface area contributed by atoms with Crippen LogP contribution in [0.2, 0.25) is 0 Å². The molecule has 1 N–H and O–H groups in total. The molecule has 20 heavy (non-hydrogen) atoms. The molecule has 2 atom stereocenters. The normalized spacial score (nSPS) is 21.4. The molecule has 1 aliphatic rings. The highest BCUT2D eigenvalue weighted by atomic mass is 16.5. The van der Waals surface area contributed by atoms with E-state index in [0.717, 1.165) is 13.2 Å². The van der Waals surface area contributed by atoms with Crippen LogP contribution >= 0.6 is 0 Å². The molecule has 0 spiro atoms. The molecule has 0 unspecified atom stereocenters. The molecule has 2 aromatic rings. The lowest BCUT2D eigenvalue weighted by molar-refractivity contribution is -0.0364. The van der Waals surface area contributed by atoms with E-state index in [0.29, 0.717) is 12.1 Å². The Labute approximate surface area is 120 Å². The highest BCUT2D eigenvalue weighted by Gasteiger charge is 2.30. The maximum absolute atomic E-state index is 6.00. The highest BCUT2D eigenvalue weighted by molar-refractivity contribution is 5.15. The average molecular weight is 267 g/mol. The molecule has 0 aliphatic heterocycles. The third-order valence-electron chi connectivity index (χ3n) is 3.93. The number of benzene rings is 2. The zero-order valence-electron chi connectivity index (χ0n) is 11.7. The van der Waals surface area contributed by atoms with E-state index >= 15 is 0 Å². The summed E-state index contributed by atoms with van der Waals surface area (Å²) < 4.78 is 6.00. The molecule has 3 rings (SSSR count). The number of hydrogen-bond acceptors (Lipinski definition) is 2. The molecular formula is C18H21NO. The van der Waals surface area contributed by atoms with Gasteiger partial charge in [-0.25, -0.2) is 0 Å². The monoisotopic (exact) mass is 267 g/mol. The van der Waals surface area contributed by atoms with Gasteiger partial charge in [-0.3, -0.25) is 0 Å². The Morgan fingerprint density at radius 3 is 2.10 bits per heavy atom. The van der Waals surface area contributed by atoms with Crippen LogP contribution in [0.15, 0.2) is 60.7 Å². The molecule has 2 heteroatoms. The smallest absolute Gasteiger partial charge is 0.0733 e. The van der Waals surface area contributed by atoms with Crippen LogP contribution < -0.4 is 5.32 Å². The molecule has 2 nitrogen and oxygen atoms in total. The van der Waals surface area contributed by atoms with E-state index in [1.807, 2.05) is 6.07 Å². The van der Waals surface area contributed by atoms with Crippen LogP contribution in [0, 0.1) is 0 Å². The third kappa shape index (κ3) is 3.47. The number of ether oxygens (including phenoxy) is 1. The van der Waals surface area contributed by atoms with Crippen LogP contribution in [0.4, 0.5) is 0 Å². The summed E-state index contributed by atoms with van der Waals surface area (Å²) in [6.45, 7) is 1.64. The van der Waals surface area contributed by atoms with Crippen molar-refractivity contribution >= 4 is 0 Å². The van der Waals surface area contributed by atoms with Gasteiger partial charge in [-0.1, -0.05) is 60.7 Å². The standard InChI is InChI=1S/C18H21NO/c1-3-7-15(8-4-1)13-19-17-11-12-18(17)20-14-16-9-5-2-6-10-16/h1-10,17-19H,11-14H2/t17-,18+/m1/s1. The summed E-state index contributed by atoms with van der Waals surface area (Å²) >= 11 is 0. The minimum absolute atomic E-state index is 0.360. The fourth-order valence-electron chi connectivity index (χ4n) is 2.52. The molecule has 0 aromatic heterocycles. The van der Waals surface area contributed by atoms with Crippen molar-refractivity contribution in [1.82, 2.24) is 5.32 Å². The van der Waals surface area contributed by atoms with Crippen molar-refractivity contribution in [3.63, 3.8) is 0 Å². The third-order valence-corrected chi connectivity index (χ3v) is 3.93. The second kappa shape index (κ2) is 6.69. The Bertz CT molecular complexity index is 462. The molecule has 0 saturated heterocycles. The fraction of sp³-hybridized carbons (Fsp3) is 0.333. The van der Waals surface area contributed by atoms with Crippen LogP contribution in [0.5, 0.6) is 0 Å². The van der Waals surface area contributed by atoms with Gasteiger partial charge in [0.15, 0.2) is 0 Å². The van der Waals surface area contributed by atoms with Crippen LogP contribution in [0.25, 0.3) is 0 Å². The Balaban J connectivity index is 1.43. The van der Waals surface area contributed by atoms with E-state index in [4.69, 9.17) is 4.74 Å². The van der Waals surface area contributed by atoms with Gasteiger partial charge in [0, 0.05) is 12.6 Å². The van der Waals surface area contributed by atoms with Gasteiger partial charge in [-0.15, -0.1) is 0 Å². The maximum Gasteiger partial charge on any atom is 0.0733 e. The molecule has 104 valence electrons. The predicted octanol–water partition coefficient (Wildman–Crippen LogP) is 3.52. The predicted molar refractivity (Wildman–Crippen MR) is 81.3 cm³/mol. The SMILES string of the molecule is c1ccc(CN[C@@H]2CC[C@@H]2OCc2ccccc2)cc1. The molecule has 0 radical (unpaired) electrons. The highest BCUT2D eigenvalue weighted by Crippen LogP contribution is 2.24. The number of hydrogen-bond donors (Lipinski definition) is 1. The van der Waals surface area contributed by atoms with Crippen LogP contribution in [-0.4, -0.2) is 12.1 Å². The van der Waals surface area contributed by atoms with Gasteiger partial charge in [0.05, 0.1) is 12.7 Å². The molecule has 0 bridgehead atoms. The van der Waals surface area contributed by atoms with Gasteiger partial charge in [0.25, 0.3) is 0 Å². The Hall–Kier alpha value is -1.64. The Morgan fingerprint density at radius 1 is 0.850 bits per heavy atom. The van der Waals surface area contributed by atoms with Gasteiger partial charge in [-0.2, -0.15) is 0 Å². The molecular weight excluding hydrogens is 246 g/mol. The van der Waals surface area contributed by atoms with Gasteiger partial charge < -0.3 is 10.1 Å². The lowest BCUT2D eigenvalue weighted by atomic mass is 9.88.